The Balaban J connectivity index is 1.34. The molecule has 3 aromatic rings. The number of piperidine rings is 1. The maximum Gasteiger partial charge on any atom is 0.573 e. The fourth-order valence-electron chi connectivity index (χ4n) is 4.31. The molecule has 39 heavy (non-hydrogen) atoms. The molecule has 0 bridgehead atoms. The summed E-state index contributed by atoms with van der Waals surface area (Å²) in [6, 6.07) is 10.2. The minimum absolute atomic E-state index is 0.0543. The molecule has 0 unspecified atom stereocenters. The number of carbonyl (C=O) groups is 2. The van der Waals surface area contributed by atoms with E-state index in [1.807, 2.05) is 6.92 Å². The van der Waals surface area contributed by atoms with Gasteiger partial charge in [0.15, 0.2) is 0 Å². The Morgan fingerprint density at radius 3 is 2.44 bits per heavy atom. The fraction of sp³-hybridized carbons (Fsp3) is 0.370. The van der Waals surface area contributed by atoms with Gasteiger partial charge in [0.1, 0.15) is 17.6 Å². The molecule has 1 aromatic heterocycles. The number of amides is 2. The van der Waals surface area contributed by atoms with E-state index in [9.17, 15) is 27.9 Å². The van der Waals surface area contributed by atoms with Gasteiger partial charge in [0.25, 0.3) is 5.91 Å². The van der Waals surface area contributed by atoms with Crippen LogP contribution in [0.25, 0.3) is 11.1 Å². The van der Waals surface area contributed by atoms with E-state index in [0.717, 1.165) is 11.1 Å². The Morgan fingerprint density at radius 2 is 1.82 bits per heavy atom. The number of hydrogen-bond acceptors (Lipinski definition) is 6. The van der Waals surface area contributed by atoms with Gasteiger partial charge in [-0.2, -0.15) is 5.10 Å². The highest BCUT2D eigenvalue weighted by atomic mass is 19.4. The average Bonchev–Trinajstić information content (AvgIpc) is 3.39. The minimum Gasteiger partial charge on any atom is -0.489 e. The Labute approximate surface area is 222 Å². The van der Waals surface area contributed by atoms with Crippen LogP contribution in [-0.2, 0) is 11.2 Å². The van der Waals surface area contributed by atoms with Crippen LogP contribution in [0.4, 0.5) is 13.2 Å². The second kappa shape index (κ2) is 11.8. The van der Waals surface area contributed by atoms with E-state index >= 15 is 0 Å². The number of nitrogens with two attached hydrogens (primary N) is 1. The summed E-state index contributed by atoms with van der Waals surface area (Å²) in [6.45, 7) is 2.64. The smallest absolute Gasteiger partial charge is 0.489 e. The minimum atomic E-state index is -4.77. The number of benzene rings is 2. The van der Waals surface area contributed by atoms with Gasteiger partial charge in [0.2, 0.25) is 5.91 Å². The number of aliphatic hydroxyl groups is 1. The summed E-state index contributed by atoms with van der Waals surface area (Å²) in [6.07, 6.45) is -0.452. The zero-order valence-corrected chi connectivity index (χ0v) is 21.2. The average molecular weight is 547 g/mol. The molecule has 0 aliphatic carbocycles. The molecule has 1 saturated heterocycles. The second-order valence-corrected chi connectivity index (χ2v) is 9.38. The molecule has 4 rings (SSSR count). The zero-order valence-electron chi connectivity index (χ0n) is 21.2. The number of rotatable bonds is 9. The van der Waals surface area contributed by atoms with Crippen molar-refractivity contribution in [2.45, 2.75) is 44.7 Å². The predicted octanol–water partition coefficient (Wildman–Crippen LogP) is 3.71. The summed E-state index contributed by atoms with van der Waals surface area (Å²) >= 11 is 0. The largest absolute Gasteiger partial charge is 0.573 e. The second-order valence-electron chi connectivity index (χ2n) is 9.38. The standard InChI is InChI=1S/C27H29F3N4O5/c1-17(16-35)34-15-20(14-32-34)19-4-7-24(23(13-19)26(31)37)38-21-8-10-33(11-9-21)25(36)12-18-2-5-22(6-3-18)39-27(28,29)30/h2-7,13-15,17,21,35H,8-12,16H2,1H3,(H2,31,37)/t17-/m1/s1. The van der Waals surface area contributed by atoms with Crippen molar-refractivity contribution in [1.82, 2.24) is 14.7 Å². The SMILES string of the molecule is C[C@H](CO)n1cc(-c2ccc(OC3CCN(C(=O)Cc4ccc(OC(F)(F)F)cc4)CC3)c(C(N)=O)c2)cn1. The molecule has 1 aliphatic heterocycles. The number of halogens is 3. The normalized spacial score (nSPS) is 15.2. The van der Waals surface area contributed by atoms with Gasteiger partial charge >= 0.3 is 6.36 Å². The lowest BCUT2D eigenvalue weighted by Gasteiger charge is -2.32. The summed E-state index contributed by atoms with van der Waals surface area (Å²) in [5.41, 5.74) is 7.93. The molecule has 0 spiro atoms. The summed E-state index contributed by atoms with van der Waals surface area (Å²) < 4.78 is 48.6. The number of alkyl halides is 3. The Morgan fingerprint density at radius 1 is 1.13 bits per heavy atom. The van der Waals surface area contributed by atoms with Crippen LogP contribution in [0, 0.1) is 0 Å². The highest BCUT2D eigenvalue weighted by Crippen LogP contribution is 2.29. The van der Waals surface area contributed by atoms with E-state index < -0.39 is 12.3 Å². The maximum atomic E-state index is 12.7. The van der Waals surface area contributed by atoms with E-state index in [-0.39, 0.29) is 42.4 Å². The highest BCUT2D eigenvalue weighted by molar-refractivity contribution is 5.97. The number of hydrogen-bond donors (Lipinski definition) is 2. The van der Waals surface area contributed by atoms with Crippen molar-refractivity contribution in [1.29, 1.82) is 0 Å². The van der Waals surface area contributed by atoms with Crippen molar-refractivity contribution in [3.63, 3.8) is 0 Å². The van der Waals surface area contributed by atoms with E-state index in [0.29, 0.717) is 37.2 Å². The van der Waals surface area contributed by atoms with Crippen molar-refractivity contribution >= 4 is 11.8 Å². The molecule has 2 amide bonds. The number of likely N-dealkylation sites (tertiary alicyclic amines) is 1. The topological polar surface area (TPSA) is 120 Å². The Kier molecular flexibility index (Phi) is 8.44. The summed E-state index contributed by atoms with van der Waals surface area (Å²) in [4.78, 5) is 26.6. The number of ether oxygens (including phenoxy) is 2. The van der Waals surface area contributed by atoms with Gasteiger partial charge in [-0.1, -0.05) is 18.2 Å². The number of carbonyl (C=O) groups excluding carboxylic acids is 2. The van der Waals surface area contributed by atoms with Crippen molar-refractivity contribution in [2.24, 2.45) is 5.73 Å². The summed E-state index contributed by atoms with van der Waals surface area (Å²) in [5.74, 6) is -0.766. The lowest BCUT2D eigenvalue weighted by Crippen LogP contribution is -2.42. The zero-order chi connectivity index (χ0) is 28.2. The summed E-state index contributed by atoms with van der Waals surface area (Å²) in [7, 11) is 0. The van der Waals surface area contributed by atoms with Crippen LogP contribution in [0.1, 0.15) is 41.7 Å². The first-order valence-electron chi connectivity index (χ1n) is 12.4. The molecule has 208 valence electrons. The van der Waals surface area contributed by atoms with Crippen LogP contribution >= 0.6 is 0 Å². The van der Waals surface area contributed by atoms with E-state index in [1.54, 1.807) is 40.2 Å². The molecular weight excluding hydrogens is 517 g/mol. The van der Waals surface area contributed by atoms with Crippen LogP contribution < -0.4 is 15.2 Å². The Bertz CT molecular complexity index is 1300. The van der Waals surface area contributed by atoms with Crippen LogP contribution in [0.2, 0.25) is 0 Å². The molecule has 0 saturated carbocycles. The lowest BCUT2D eigenvalue weighted by atomic mass is 10.0. The number of aliphatic hydroxyl groups excluding tert-OH is 1. The quantitative estimate of drug-likeness (QED) is 0.422. The third-order valence-corrected chi connectivity index (χ3v) is 6.50. The molecule has 0 radical (unpaired) electrons. The molecule has 1 aliphatic rings. The first-order valence-corrected chi connectivity index (χ1v) is 12.4. The van der Waals surface area contributed by atoms with E-state index in [2.05, 4.69) is 9.84 Å². The van der Waals surface area contributed by atoms with Gasteiger partial charge in [0.05, 0.1) is 30.8 Å². The van der Waals surface area contributed by atoms with Crippen LogP contribution in [-0.4, -0.2) is 63.8 Å². The maximum absolute atomic E-state index is 12.7. The number of nitrogens with zero attached hydrogens (tertiary/aromatic N) is 3. The van der Waals surface area contributed by atoms with Crippen molar-refractivity contribution in [3.05, 3.63) is 66.0 Å². The molecule has 2 aromatic carbocycles. The van der Waals surface area contributed by atoms with Gasteiger partial charge in [-0.3, -0.25) is 14.3 Å². The van der Waals surface area contributed by atoms with Gasteiger partial charge in [0, 0.05) is 37.7 Å². The van der Waals surface area contributed by atoms with Crippen molar-refractivity contribution in [3.8, 4) is 22.6 Å². The number of aromatic nitrogens is 2. The van der Waals surface area contributed by atoms with Gasteiger partial charge < -0.3 is 25.2 Å². The predicted molar refractivity (Wildman–Crippen MR) is 135 cm³/mol. The molecule has 3 N–H and O–H groups in total. The highest BCUT2D eigenvalue weighted by Gasteiger charge is 2.31. The van der Waals surface area contributed by atoms with Gasteiger partial charge in [-0.05, 0) is 42.3 Å². The third-order valence-electron chi connectivity index (χ3n) is 6.50. The fourth-order valence-corrected chi connectivity index (χ4v) is 4.31. The van der Waals surface area contributed by atoms with Crippen molar-refractivity contribution < 1.29 is 37.3 Å². The van der Waals surface area contributed by atoms with Crippen LogP contribution in [0.3, 0.4) is 0 Å². The monoisotopic (exact) mass is 546 g/mol. The molecule has 9 nitrogen and oxygen atoms in total. The van der Waals surface area contributed by atoms with E-state index in [4.69, 9.17) is 10.5 Å². The molecule has 1 fully saturated rings. The van der Waals surface area contributed by atoms with E-state index in [1.165, 1.54) is 24.3 Å². The lowest BCUT2D eigenvalue weighted by molar-refractivity contribution is -0.274. The molecular formula is C27H29F3N4O5. The third kappa shape index (κ3) is 7.29. The first kappa shape index (κ1) is 28.0. The Hall–Kier alpha value is -4.06. The van der Waals surface area contributed by atoms with Crippen LogP contribution in [0.15, 0.2) is 54.9 Å². The molecule has 2 heterocycles. The first-order chi connectivity index (χ1) is 18.5. The van der Waals surface area contributed by atoms with Gasteiger partial charge in [-0.25, -0.2) is 0 Å². The molecule has 1 atom stereocenters. The number of primary amides is 1. The molecule has 12 heteroatoms. The summed E-state index contributed by atoms with van der Waals surface area (Å²) in [5, 5.41) is 13.6. The van der Waals surface area contributed by atoms with Crippen molar-refractivity contribution in [2.75, 3.05) is 19.7 Å². The van der Waals surface area contributed by atoms with Crippen LogP contribution in [0.5, 0.6) is 11.5 Å². The van der Waals surface area contributed by atoms with Gasteiger partial charge in [-0.15, -0.1) is 13.2 Å².